The molecule has 0 heterocycles. The standard InChI is InChI=1S/C45H90O9SSi4/c1-37-26-28-38(29-27-37)55(47,48)52-40(39(50-36-49-34-35-56(11,12)13)24-21-20-22-33-51-57(14,15)43(2,3)4)30-31-42(54-59(18,19)45(8,9)10)41(25-23-32-46)53-58(16,17)44(5,6)7/h26-29,32,39-42H,20-25,30-31,33-36H2,1-19H3/t39-,40+,41-,42-/m1/s1. The van der Waals surface area contributed by atoms with Gasteiger partial charge < -0.3 is 27.5 Å². The summed E-state index contributed by atoms with van der Waals surface area (Å²) in [6.45, 7) is 43.7. The average molecular weight is 920 g/mol. The number of carbonyl (C=O) groups excluding carboxylic acids is 1. The summed E-state index contributed by atoms with van der Waals surface area (Å²) >= 11 is 0. The zero-order valence-corrected chi connectivity index (χ0v) is 46.1. The zero-order chi connectivity index (χ0) is 45.7. The maximum absolute atomic E-state index is 14.1. The highest BCUT2D eigenvalue weighted by Gasteiger charge is 2.45. The van der Waals surface area contributed by atoms with Crippen molar-refractivity contribution in [1.82, 2.24) is 0 Å². The second kappa shape index (κ2) is 23.4. The fraction of sp³-hybridized carbons (Fsp3) is 0.844. The number of hydrogen-bond acceptors (Lipinski definition) is 9. The maximum Gasteiger partial charge on any atom is 0.297 e. The van der Waals surface area contributed by atoms with E-state index in [0.29, 0.717) is 45.3 Å². The SMILES string of the molecule is Cc1ccc(S(=O)(=O)O[C@@H](CC[C@@H](O[Si](C)(C)C(C)(C)C)[C@@H](CCC=O)O[Si](C)(C)C(C)(C)C)[C@@H](CCCCCO[Si](C)(C)C(C)(C)C)OCOCC[Si](C)(C)C)cc1. The summed E-state index contributed by atoms with van der Waals surface area (Å²) in [7, 11) is -12.0. The van der Waals surface area contributed by atoms with Crippen molar-refractivity contribution in [2.45, 2.75) is 230 Å². The van der Waals surface area contributed by atoms with Crippen LogP contribution in [0.3, 0.4) is 0 Å². The highest BCUT2D eigenvalue weighted by atomic mass is 32.2. The second-order valence-electron chi connectivity index (χ2n) is 22.6. The summed E-state index contributed by atoms with van der Waals surface area (Å²) < 4.78 is 68.0. The van der Waals surface area contributed by atoms with E-state index < -0.39 is 55.4 Å². The quantitative estimate of drug-likeness (QED) is 0.0267. The first-order chi connectivity index (χ1) is 26.7. The minimum absolute atomic E-state index is 0.0500. The highest BCUT2D eigenvalue weighted by molar-refractivity contribution is 7.86. The first-order valence-electron chi connectivity index (χ1n) is 22.3. The Morgan fingerprint density at radius 1 is 0.610 bits per heavy atom. The summed E-state index contributed by atoms with van der Waals surface area (Å²) in [5.41, 5.74) is 0.962. The molecule has 0 fully saturated rings. The molecule has 0 aromatic heterocycles. The smallest absolute Gasteiger partial charge is 0.297 e. The van der Waals surface area contributed by atoms with E-state index in [4.69, 9.17) is 26.9 Å². The van der Waals surface area contributed by atoms with E-state index in [1.165, 1.54) is 0 Å². The van der Waals surface area contributed by atoms with Crippen molar-refractivity contribution in [3.05, 3.63) is 29.8 Å². The number of ether oxygens (including phenoxy) is 2. The average Bonchev–Trinajstić information content (AvgIpc) is 3.06. The molecular formula is C45H90O9SSi4. The zero-order valence-electron chi connectivity index (χ0n) is 41.3. The fourth-order valence-electron chi connectivity index (χ4n) is 5.65. The maximum atomic E-state index is 14.1. The summed E-state index contributed by atoms with van der Waals surface area (Å²) in [5, 5.41) is -0.00971. The molecule has 59 heavy (non-hydrogen) atoms. The van der Waals surface area contributed by atoms with Gasteiger partial charge in [-0.05, 0) is 112 Å². The molecule has 9 nitrogen and oxygen atoms in total. The molecule has 0 unspecified atom stereocenters. The van der Waals surface area contributed by atoms with E-state index in [-0.39, 0.29) is 39.0 Å². The van der Waals surface area contributed by atoms with E-state index in [2.05, 4.69) is 121 Å². The fourth-order valence-corrected chi connectivity index (χ4v) is 11.4. The van der Waals surface area contributed by atoms with Gasteiger partial charge in [0.25, 0.3) is 10.1 Å². The lowest BCUT2D eigenvalue weighted by Gasteiger charge is -2.45. The van der Waals surface area contributed by atoms with E-state index in [0.717, 1.165) is 37.2 Å². The van der Waals surface area contributed by atoms with Crippen molar-refractivity contribution in [3.63, 3.8) is 0 Å². The molecule has 346 valence electrons. The van der Waals surface area contributed by atoms with Crippen molar-refractivity contribution in [1.29, 1.82) is 0 Å². The molecule has 0 bridgehead atoms. The third-order valence-corrected chi connectivity index (χ3v) is 29.6. The van der Waals surface area contributed by atoms with Crippen LogP contribution in [0.15, 0.2) is 29.2 Å². The second-order valence-corrected chi connectivity index (χ2v) is 44.1. The van der Waals surface area contributed by atoms with Crippen LogP contribution in [-0.2, 0) is 41.8 Å². The summed E-state index contributed by atoms with van der Waals surface area (Å²) in [5.74, 6) is 0. The van der Waals surface area contributed by atoms with Crippen molar-refractivity contribution in [2.75, 3.05) is 20.0 Å². The molecule has 14 heteroatoms. The minimum Gasteiger partial charge on any atom is -0.417 e. The predicted molar refractivity (Wildman–Crippen MR) is 257 cm³/mol. The van der Waals surface area contributed by atoms with Crippen LogP contribution in [0.25, 0.3) is 0 Å². The van der Waals surface area contributed by atoms with Gasteiger partial charge in [-0.3, -0.25) is 4.18 Å². The summed E-state index contributed by atoms with van der Waals surface area (Å²) in [6, 6.07) is 7.78. The molecule has 4 atom stereocenters. The third-order valence-electron chi connectivity index (χ3n) is 13.0. The molecule has 0 amide bonds. The lowest BCUT2D eigenvalue weighted by molar-refractivity contribution is -0.122. The van der Waals surface area contributed by atoms with Gasteiger partial charge in [0.15, 0.2) is 25.0 Å². The van der Waals surface area contributed by atoms with Crippen LogP contribution in [0.1, 0.15) is 119 Å². The molecule has 1 rings (SSSR count). The number of hydrogen-bond donors (Lipinski definition) is 0. The van der Waals surface area contributed by atoms with Crippen LogP contribution < -0.4 is 0 Å². The molecule has 0 aliphatic heterocycles. The molecule has 0 spiro atoms. The number of aryl methyl sites for hydroxylation is 1. The van der Waals surface area contributed by atoms with Gasteiger partial charge in [0, 0.05) is 27.7 Å². The monoisotopic (exact) mass is 919 g/mol. The molecular weight excluding hydrogens is 829 g/mol. The van der Waals surface area contributed by atoms with Gasteiger partial charge in [-0.15, -0.1) is 0 Å². The number of rotatable bonds is 28. The number of benzene rings is 1. The predicted octanol–water partition coefficient (Wildman–Crippen LogP) is 12.9. The Morgan fingerprint density at radius 2 is 1.10 bits per heavy atom. The van der Waals surface area contributed by atoms with Crippen molar-refractivity contribution >= 4 is 49.4 Å². The lowest BCUT2D eigenvalue weighted by atomic mass is 9.97. The highest BCUT2D eigenvalue weighted by Crippen LogP contribution is 2.42. The van der Waals surface area contributed by atoms with E-state index in [1.54, 1.807) is 24.3 Å². The number of carbonyl (C=O) groups is 1. The van der Waals surface area contributed by atoms with Gasteiger partial charge in [-0.25, -0.2) is 0 Å². The minimum atomic E-state index is -4.17. The topological polar surface area (TPSA) is 107 Å². The molecule has 0 N–H and O–H groups in total. The Balaban J connectivity index is 3.69. The van der Waals surface area contributed by atoms with Gasteiger partial charge in [0.1, 0.15) is 19.2 Å². The van der Waals surface area contributed by atoms with Crippen molar-refractivity contribution < 1.29 is 40.1 Å². The molecule has 0 saturated heterocycles. The lowest BCUT2D eigenvalue weighted by Crippen LogP contribution is -2.52. The van der Waals surface area contributed by atoms with Crippen molar-refractivity contribution in [3.8, 4) is 0 Å². The van der Waals surface area contributed by atoms with Crippen LogP contribution in [0.4, 0.5) is 0 Å². The molecule has 0 aliphatic carbocycles. The Kier molecular flexibility index (Phi) is 22.4. The van der Waals surface area contributed by atoms with Crippen LogP contribution in [0.2, 0.25) is 80.1 Å². The number of unbranched alkanes of at least 4 members (excludes halogenated alkanes) is 2. The van der Waals surface area contributed by atoms with E-state index in [9.17, 15) is 13.2 Å². The van der Waals surface area contributed by atoms with Gasteiger partial charge >= 0.3 is 0 Å². The molecule has 1 aromatic rings. The Hall–Kier alpha value is -0.532. The first kappa shape index (κ1) is 56.5. The van der Waals surface area contributed by atoms with Gasteiger partial charge in [-0.1, -0.05) is 112 Å². The van der Waals surface area contributed by atoms with Crippen LogP contribution in [0, 0.1) is 6.92 Å². The molecule has 0 aliphatic rings. The Labute approximate surface area is 367 Å². The summed E-state index contributed by atoms with van der Waals surface area (Å²) in [4.78, 5) is 12.0. The molecule has 0 saturated carbocycles. The van der Waals surface area contributed by atoms with Gasteiger partial charge in [0.05, 0.1) is 23.2 Å². The molecule has 0 radical (unpaired) electrons. The van der Waals surface area contributed by atoms with E-state index >= 15 is 0 Å². The van der Waals surface area contributed by atoms with Crippen molar-refractivity contribution in [2.24, 2.45) is 0 Å². The first-order valence-corrected chi connectivity index (χ1v) is 36.1. The van der Waals surface area contributed by atoms with Crippen LogP contribution in [0.5, 0.6) is 0 Å². The van der Waals surface area contributed by atoms with Crippen LogP contribution in [-0.4, -0.2) is 92.2 Å². The van der Waals surface area contributed by atoms with Gasteiger partial charge in [-0.2, -0.15) is 8.42 Å². The third kappa shape index (κ3) is 20.2. The largest absolute Gasteiger partial charge is 0.417 e. The molecule has 1 aromatic carbocycles. The Morgan fingerprint density at radius 3 is 1.58 bits per heavy atom. The van der Waals surface area contributed by atoms with Gasteiger partial charge in [0.2, 0.25) is 0 Å². The number of aldehydes is 1. The summed E-state index contributed by atoms with van der Waals surface area (Å²) in [6.07, 6.45) is 3.72. The van der Waals surface area contributed by atoms with Crippen LogP contribution >= 0.6 is 0 Å². The van der Waals surface area contributed by atoms with E-state index in [1.807, 2.05) is 6.92 Å². The normalized spacial score (nSPS) is 16.2. The Bertz CT molecular complexity index is 1470.